The van der Waals surface area contributed by atoms with E-state index in [9.17, 15) is 14.4 Å². The van der Waals surface area contributed by atoms with Crippen molar-refractivity contribution in [2.24, 2.45) is 5.41 Å². The second-order valence-electron chi connectivity index (χ2n) is 11.6. The molecule has 1 heterocycles. The highest BCUT2D eigenvalue weighted by molar-refractivity contribution is 6.38. The third-order valence-corrected chi connectivity index (χ3v) is 7.12. The van der Waals surface area contributed by atoms with Gasteiger partial charge in [-0.05, 0) is 24.5 Å². The van der Waals surface area contributed by atoms with Crippen molar-refractivity contribution >= 4 is 23.5 Å². The van der Waals surface area contributed by atoms with E-state index in [0.29, 0.717) is 26.1 Å². The van der Waals surface area contributed by atoms with Gasteiger partial charge in [-0.3, -0.25) is 9.59 Å². The van der Waals surface area contributed by atoms with Crippen LogP contribution in [0, 0.1) is 5.41 Å². The predicted molar refractivity (Wildman–Crippen MR) is 158 cm³/mol. The first-order valence-corrected chi connectivity index (χ1v) is 14.1. The molecule has 0 radical (unpaired) electrons. The van der Waals surface area contributed by atoms with Crippen molar-refractivity contribution in [3.63, 3.8) is 0 Å². The number of carbonyl (C=O) groups is 3. The van der Waals surface area contributed by atoms with Crippen LogP contribution in [0.3, 0.4) is 0 Å². The number of ether oxygens (including phenoxy) is 1. The van der Waals surface area contributed by atoms with E-state index in [4.69, 9.17) is 4.74 Å². The van der Waals surface area contributed by atoms with Gasteiger partial charge in [-0.2, -0.15) is 0 Å². The summed E-state index contributed by atoms with van der Waals surface area (Å²) in [5.41, 5.74) is 2.76. The molecule has 0 aliphatic carbocycles. The van der Waals surface area contributed by atoms with Crippen molar-refractivity contribution in [1.82, 2.24) is 20.4 Å². The summed E-state index contributed by atoms with van der Waals surface area (Å²) in [5, 5.41) is 5.46. The van der Waals surface area contributed by atoms with Crippen molar-refractivity contribution in [3.05, 3.63) is 78.0 Å². The minimum Gasteiger partial charge on any atom is -0.444 e. The van der Waals surface area contributed by atoms with E-state index in [2.05, 4.69) is 38.8 Å². The number of nitrogens with one attached hydrogen (secondary N) is 2. The number of hydrogen-bond acceptors (Lipinski definition) is 6. The van der Waals surface area contributed by atoms with Crippen LogP contribution in [0.1, 0.15) is 71.0 Å². The SMILES string of the molecule is CCCC[C@H](NC(=O)O[C@@H](CN1C=C(c2ccccc2)N(C)C1)C(C)(C)C)C(=O)C(=O)N[C@H](C)c1ccccc1. The number of unbranched alkanes of at least 4 members (excludes halogenated alkanes) is 1. The van der Waals surface area contributed by atoms with Crippen LogP contribution in [-0.2, 0) is 14.3 Å². The van der Waals surface area contributed by atoms with Crippen LogP contribution in [0.15, 0.2) is 66.9 Å². The van der Waals surface area contributed by atoms with Crippen molar-refractivity contribution in [2.45, 2.75) is 72.1 Å². The van der Waals surface area contributed by atoms with E-state index in [1.165, 1.54) is 0 Å². The molecule has 1 aliphatic rings. The number of amides is 2. The summed E-state index contributed by atoms with van der Waals surface area (Å²) in [5.74, 6) is -1.39. The smallest absolute Gasteiger partial charge is 0.408 e. The van der Waals surface area contributed by atoms with Gasteiger partial charge < -0.3 is 25.2 Å². The lowest BCUT2D eigenvalue weighted by Crippen LogP contribution is -2.50. The minimum atomic E-state index is -0.960. The maximum atomic E-state index is 13.1. The maximum absolute atomic E-state index is 13.1. The Bertz CT molecular complexity index is 1160. The molecular weight excluding hydrogens is 504 g/mol. The molecule has 2 aromatic carbocycles. The van der Waals surface area contributed by atoms with Gasteiger partial charge in [-0.25, -0.2) is 4.79 Å². The fraction of sp³-hybridized carbons (Fsp3) is 0.469. The van der Waals surface area contributed by atoms with Gasteiger partial charge in [-0.15, -0.1) is 0 Å². The Labute approximate surface area is 238 Å². The molecule has 0 fully saturated rings. The maximum Gasteiger partial charge on any atom is 0.408 e. The first-order chi connectivity index (χ1) is 19.0. The molecule has 0 spiro atoms. The lowest BCUT2D eigenvalue weighted by atomic mass is 9.88. The molecule has 40 heavy (non-hydrogen) atoms. The van der Waals surface area contributed by atoms with Gasteiger partial charge in [0.25, 0.3) is 5.91 Å². The zero-order chi connectivity index (χ0) is 29.3. The average molecular weight is 549 g/mol. The molecule has 8 heteroatoms. The Morgan fingerprint density at radius 3 is 2.20 bits per heavy atom. The summed E-state index contributed by atoms with van der Waals surface area (Å²) in [6, 6.07) is 18.3. The Morgan fingerprint density at radius 2 is 1.60 bits per heavy atom. The molecular formula is C32H44N4O4. The largest absolute Gasteiger partial charge is 0.444 e. The molecule has 0 aromatic heterocycles. The van der Waals surface area contributed by atoms with E-state index in [0.717, 1.165) is 23.2 Å². The summed E-state index contributed by atoms with van der Waals surface area (Å²) in [7, 11) is 2.03. The monoisotopic (exact) mass is 548 g/mol. The molecule has 2 aromatic rings. The lowest BCUT2D eigenvalue weighted by Gasteiger charge is -2.34. The van der Waals surface area contributed by atoms with Crippen LogP contribution in [0.4, 0.5) is 4.79 Å². The number of Topliss-reactive ketones (excluding diaryl/α,β-unsaturated/α-hetero) is 1. The van der Waals surface area contributed by atoms with Gasteiger partial charge in [-0.1, -0.05) is 101 Å². The molecule has 8 nitrogen and oxygen atoms in total. The molecule has 3 rings (SSSR count). The van der Waals surface area contributed by atoms with Crippen molar-refractivity contribution < 1.29 is 19.1 Å². The lowest BCUT2D eigenvalue weighted by molar-refractivity contribution is -0.139. The second-order valence-corrected chi connectivity index (χ2v) is 11.6. The topological polar surface area (TPSA) is 91.0 Å². The third-order valence-electron chi connectivity index (χ3n) is 7.12. The highest BCUT2D eigenvalue weighted by Crippen LogP contribution is 2.28. The quantitative estimate of drug-likeness (QED) is 0.348. The number of benzene rings is 2. The zero-order valence-electron chi connectivity index (χ0n) is 24.6. The summed E-state index contributed by atoms with van der Waals surface area (Å²) in [6.45, 7) is 11.0. The van der Waals surface area contributed by atoms with Crippen LogP contribution < -0.4 is 10.6 Å². The molecule has 0 bridgehead atoms. The first kappa shape index (κ1) is 30.7. The van der Waals surface area contributed by atoms with E-state index >= 15 is 0 Å². The van der Waals surface area contributed by atoms with Crippen molar-refractivity contribution in [1.29, 1.82) is 0 Å². The second kappa shape index (κ2) is 14.0. The van der Waals surface area contributed by atoms with Crippen LogP contribution in [0.5, 0.6) is 0 Å². The van der Waals surface area contributed by atoms with E-state index in [1.807, 2.05) is 90.2 Å². The standard InChI is InChI=1S/C32H44N4O4/c1-7-8-19-26(29(37)30(38)33-23(2)24-15-11-9-12-16-24)34-31(39)40-28(32(3,4)5)21-36-20-27(35(6)22-36)25-17-13-10-14-18-25/h9-18,20,23,26,28H,7-8,19,21-22H2,1-6H3,(H,33,38)(H,34,39)/t23-,26+,28+/m1/s1. The predicted octanol–water partition coefficient (Wildman–Crippen LogP) is 5.34. The molecule has 0 saturated heterocycles. The van der Waals surface area contributed by atoms with E-state index < -0.39 is 29.9 Å². The van der Waals surface area contributed by atoms with E-state index in [1.54, 1.807) is 0 Å². The molecule has 1 aliphatic heterocycles. The number of alkyl carbamates (subject to hydrolysis) is 1. The molecule has 2 N–H and O–H groups in total. The number of ketones is 1. The third kappa shape index (κ3) is 8.60. The van der Waals surface area contributed by atoms with Crippen molar-refractivity contribution in [3.8, 4) is 0 Å². The fourth-order valence-electron chi connectivity index (χ4n) is 4.61. The number of hydrogen-bond donors (Lipinski definition) is 2. The Balaban J connectivity index is 1.66. The highest BCUT2D eigenvalue weighted by atomic mass is 16.6. The zero-order valence-corrected chi connectivity index (χ0v) is 24.6. The summed E-state index contributed by atoms with van der Waals surface area (Å²) in [6.07, 6.45) is 2.80. The van der Waals surface area contributed by atoms with Gasteiger partial charge in [0, 0.05) is 18.7 Å². The van der Waals surface area contributed by atoms with Gasteiger partial charge in [0.15, 0.2) is 0 Å². The van der Waals surface area contributed by atoms with Gasteiger partial charge in [0.05, 0.1) is 25.0 Å². The molecule has 2 amide bonds. The van der Waals surface area contributed by atoms with Crippen LogP contribution in [0.25, 0.3) is 5.70 Å². The summed E-state index contributed by atoms with van der Waals surface area (Å²) in [4.78, 5) is 43.3. The van der Waals surface area contributed by atoms with Gasteiger partial charge in [0.1, 0.15) is 12.1 Å². The Hall–Kier alpha value is -3.81. The first-order valence-electron chi connectivity index (χ1n) is 14.1. The summed E-state index contributed by atoms with van der Waals surface area (Å²) < 4.78 is 5.92. The minimum absolute atomic E-state index is 0.339. The van der Waals surface area contributed by atoms with Crippen LogP contribution in [-0.4, -0.2) is 60.0 Å². The van der Waals surface area contributed by atoms with Gasteiger partial charge in [0.2, 0.25) is 5.78 Å². The van der Waals surface area contributed by atoms with Crippen LogP contribution >= 0.6 is 0 Å². The van der Waals surface area contributed by atoms with Crippen molar-refractivity contribution in [2.75, 3.05) is 20.3 Å². The van der Waals surface area contributed by atoms with E-state index in [-0.39, 0.29) is 11.5 Å². The molecule has 0 saturated carbocycles. The highest BCUT2D eigenvalue weighted by Gasteiger charge is 2.34. The number of rotatable bonds is 12. The van der Waals surface area contributed by atoms with Crippen LogP contribution in [0.2, 0.25) is 0 Å². The summed E-state index contributed by atoms with van der Waals surface area (Å²) >= 11 is 0. The average Bonchev–Trinajstić information content (AvgIpc) is 3.30. The number of nitrogens with zero attached hydrogens (tertiary/aromatic N) is 2. The molecule has 216 valence electrons. The molecule has 0 unspecified atom stereocenters. The Kier molecular flexibility index (Phi) is 10.8. The normalized spacial score (nSPS) is 15.6. The molecule has 3 atom stereocenters. The number of carbonyl (C=O) groups excluding carboxylic acids is 3. The fourth-order valence-corrected chi connectivity index (χ4v) is 4.61. The van der Waals surface area contributed by atoms with Gasteiger partial charge >= 0.3 is 6.09 Å². The Morgan fingerprint density at radius 1 is 0.975 bits per heavy atom.